The van der Waals surface area contributed by atoms with Crippen molar-refractivity contribution in [1.29, 1.82) is 0 Å². The fraction of sp³-hybridized carbons (Fsp3) is 0.0164. The number of ether oxygens (including phenoxy) is 3. The van der Waals surface area contributed by atoms with Gasteiger partial charge < -0.3 is 24.0 Å². The average molecular weight is 871 g/mol. The highest BCUT2D eigenvalue weighted by atomic mass is 16.5. The van der Waals surface area contributed by atoms with Gasteiger partial charge in [-0.05, 0) is 123 Å². The Bertz CT molecular complexity index is 3600. The van der Waals surface area contributed by atoms with E-state index in [1.807, 2.05) is 0 Å². The van der Waals surface area contributed by atoms with Gasteiger partial charge in [-0.3, -0.25) is 0 Å². The van der Waals surface area contributed by atoms with Crippen molar-refractivity contribution < 1.29 is 14.2 Å². The highest BCUT2D eigenvalue weighted by Gasteiger charge is 2.47. The van der Waals surface area contributed by atoms with Crippen molar-refractivity contribution in [3.8, 4) is 56.8 Å². The lowest BCUT2D eigenvalue weighted by atomic mass is 9.31. The lowest BCUT2D eigenvalue weighted by Gasteiger charge is -2.43. The Labute approximate surface area is 396 Å². The third-order valence-electron chi connectivity index (χ3n) is 14.2. The molecule has 14 rings (SSSR count). The van der Waals surface area contributed by atoms with E-state index in [4.69, 9.17) is 14.2 Å². The number of hydrogen-bond acceptors (Lipinski definition) is 5. The molecule has 0 saturated heterocycles. The summed E-state index contributed by atoms with van der Waals surface area (Å²) in [7, 11) is 0. The normalized spacial score (nSPS) is 13.0. The van der Waals surface area contributed by atoms with E-state index in [1.54, 1.807) is 0 Å². The molecule has 0 fully saturated rings. The van der Waals surface area contributed by atoms with Crippen LogP contribution < -0.4 is 56.8 Å². The number of benzene rings is 10. The predicted octanol–water partition coefficient (Wildman–Crippen LogP) is 11.9. The number of anilines is 6. The molecular formula is C61H40B2N2O3. The van der Waals surface area contributed by atoms with E-state index in [1.165, 1.54) is 5.46 Å². The maximum absolute atomic E-state index is 7.43. The molecule has 0 bridgehead atoms. The van der Waals surface area contributed by atoms with Gasteiger partial charge in [0.15, 0.2) is 0 Å². The zero-order chi connectivity index (χ0) is 44.9. The van der Waals surface area contributed by atoms with Crippen molar-refractivity contribution in [1.82, 2.24) is 0 Å². The summed E-state index contributed by atoms with van der Waals surface area (Å²) in [6.45, 7) is 1.98. The van der Waals surface area contributed by atoms with Gasteiger partial charge in [-0.15, -0.1) is 0 Å². The fourth-order valence-corrected chi connectivity index (χ4v) is 11.3. The number of hydrogen-bond donors (Lipinski definition) is 0. The molecule has 4 aliphatic rings. The van der Waals surface area contributed by atoms with Crippen molar-refractivity contribution >= 4 is 80.3 Å². The summed E-state index contributed by atoms with van der Waals surface area (Å²) >= 11 is 0. The average Bonchev–Trinajstić information content (AvgIpc) is 3.40. The van der Waals surface area contributed by atoms with Crippen LogP contribution in [0.5, 0.6) is 34.5 Å². The Balaban J connectivity index is 1.03. The molecule has 4 aliphatic heterocycles. The second-order valence-electron chi connectivity index (χ2n) is 18.0. The molecule has 318 valence electrons. The lowest BCUT2D eigenvalue weighted by molar-refractivity contribution is 0.463. The number of nitrogens with zero attached hydrogens (tertiary/aromatic N) is 2. The molecule has 0 N–H and O–H groups in total. The Kier molecular flexibility index (Phi) is 8.62. The number of para-hydroxylation sites is 5. The Hall–Kier alpha value is -8.67. The summed E-state index contributed by atoms with van der Waals surface area (Å²) in [5.74, 6) is 5.04. The second kappa shape index (κ2) is 15.2. The van der Waals surface area contributed by atoms with Gasteiger partial charge in [0.25, 0.3) is 13.4 Å². The van der Waals surface area contributed by atoms with Gasteiger partial charge in [-0.2, -0.15) is 0 Å². The zero-order valence-electron chi connectivity index (χ0n) is 37.1. The summed E-state index contributed by atoms with van der Waals surface area (Å²) in [5, 5.41) is 0. The maximum Gasteiger partial charge on any atom is 0.260 e. The molecule has 0 spiro atoms. The monoisotopic (exact) mass is 870 g/mol. The third-order valence-corrected chi connectivity index (χ3v) is 14.2. The smallest absolute Gasteiger partial charge is 0.260 e. The van der Waals surface area contributed by atoms with Crippen molar-refractivity contribution in [2.75, 3.05) is 9.80 Å². The summed E-state index contributed by atoms with van der Waals surface area (Å²) in [6, 6.07) is 79.7. The predicted molar refractivity (Wildman–Crippen MR) is 280 cm³/mol. The van der Waals surface area contributed by atoms with E-state index in [0.29, 0.717) is 0 Å². The van der Waals surface area contributed by atoms with Crippen LogP contribution >= 0.6 is 0 Å². The molecule has 7 heteroatoms. The minimum Gasteiger partial charge on any atom is -0.458 e. The van der Waals surface area contributed by atoms with Crippen molar-refractivity contribution in [3.05, 3.63) is 230 Å². The highest BCUT2D eigenvalue weighted by Crippen LogP contribution is 2.49. The standard InChI is InChI=1S/C61H40B2N2O3/c1-39-60-50(38-51-61(39)68-56-35-41(47-29-15-14-28-46(47)40-20-6-2-7-21-40)34-55-59(56)63(51)49-31-17-19-33-54(49)66-55)62-48-30-16-18-32-53(48)67-57-37-45(36-52(58(57)62)65(60)44-26-12-5-13-27-44)64(42-22-8-3-9-23-42)43-24-10-4-11-25-43/h2-38H,1H3. The summed E-state index contributed by atoms with van der Waals surface area (Å²) in [6.07, 6.45) is 0. The van der Waals surface area contributed by atoms with Crippen molar-refractivity contribution in [3.63, 3.8) is 0 Å². The first-order valence-electron chi connectivity index (χ1n) is 23.3. The molecular weight excluding hydrogens is 830 g/mol. The third kappa shape index (κ3) is 5.85. The Morgan fingerprint density at radius 2 is 0.882 bits per heavy atom. The largest absolute Gasteiger partial charge is 0.458 e. The van der Waals surface area contributed by atoms with Crippen LogP contribution in [0.1, 0.15) is 5.56 Å². The van der Waals surface area contributed by atoms with E-state index >= 15 is 0 Å². The molecule has 0 radical (unpaired) electrons. The maximum atomic E-state index is 7.43. The van der Waals surface area contributed by atoms with Gasteiger partial charge in [0.05, 0.1) is 5.69 Å². The van der Waals surface area contributed by atoms with Crippen LogP contribution in [0, 0.1) is 6.92 Å². The van der Waals surface area contributed by atoms with Gasteiger partial charge in [0, 0.05) is 45.5 Å². The molecule has 0 saturated carbocycles. The number of fused-ring (bicyclic) bond motifs is 8. The molecule has 0 atom stereocenters. The molecule has 10 aromatic rings. The molecule has 0 unspecified atom stereocenters. The van der Waals surface area contributed by atoms with E-state index < -0.39 is 0 Å². The van der Waals surface area contributed by atoms with Crippen LogP contribution in [0.15, 0.2) is 224 Å². The van der Waals surface area contributed by atoms with Crippen LogP contribution in [0.2, 0.25) is 0 Å². The quantitative estimate of drug-likeness (QED) is 0.156. The molecule has 10 aromatic carbocycles. The van der Waals surface area contributed by atoms with Gasteiger partial charge in [0.2, 0.25) is 0 Å². The van der Waals surface area contributed by atoms with Crippen LogP contribution in [-0.4, -0.2) is 13.4 Å². The van der Waals surface area contributed by atoms with Gasteiger partial charge in [-0.1, -0.05) is 152 Å². The first-order chi connectivity index (χ1) is 33.7. The molecule has 68 heavy (non-hydrogen) atoms. The first-order valence-corrected chi connectivity index (χ1v) is 23.3. The first kappa shape index (κ1) is 38.6. The molecule has 5 nitrogen and oxygen atoms in total. The van der Waals surface area contributed by atoms with E-state index in [2.05, 4.69) is 241 Å². The van der Waals surface area contributed by atoms with Crippen LogP contribution in [0.3, 0.4) is 0 Å². The zero-order valence-corrected chi connectivity index (χ0v) is 37.1. The van der Waals surface area contributed by atoms with E-state index in [0.717, 1.165) is 124 Å². The van der Waals surface area contributed by atoms with E-state index in [9.17, 15) is 0 Å². The van der Waals surface area contributed by atoms with Gasteiger partial charge >= 0.3 is 0 Å². The van der Waals surface area contributed by atoms with Crippen LogP contribution in [0.4, 0.5) is 34.1 Å². The fourth-order valence-electron chi connectivity index (χ4n) is 11.3. The summed E-state index contributed by atoms with van der Waals surface area (Å²) < 4.78 is 21.4. The Morgan fingerprint density at radius 1 is 0.382 bits per heavy atom. The molecule has 0 amide bonds. The SMILES string of the molecule is Cc1c2c(cc3c1N(c1ccccc1)c1cc(N(c4ccccc4)c4ccccc4)cc4c1B3c1ccccc1O4)B1c3ccccc3Oc3cc(-c4ccccc4-c4ccccc4)cc(c31)O2. The summed E-state index contributed by atoms with van der Waals surface area (Å²) in [5.41, 5.74) is 18.6. The lowest BCUT2D eigenvalue weighted by Crippen LogP contribution is -2.63. The minimum absolute atomic E-state index is 0.132. The Morgan fingerprint density at radius 3 is 1.51 bits per heavy atom. The van der Waals surface area contributed by atoms with Crippen LogP contribution in [-0.2, 0) is 0 Å². The van der Waals surface area contributed by atoms with Crippen LogP contribution in [0.25, 0.3) is 22.3 Å². The van der Waals surface area contributed by atoms with Crippen molar-refractivity contribution in [2.45, 2.75) is 6.92 Å². The summed E-state index contributed by atoms with van der Waals surface area (Å²) in [4.78, 5) is 4.77. The van der Waals surface area contributed by atoms with E-state index in [-0.39, 0.29) is 13.4 Å². The second-order valence-corrected chi connectivity index (χ2v) is 18.0. The highest BCUT2D eigenvalue weighted by molar-refractivity contribution is 7.01. The topological polar surface area (TPSA) is 34.2 Å². The molecule has 4 heterocycles. The van der Waals surface area contributed by atoms with Crippen molar-refractivity contribution in [2.24, 2.45) is 0 Å². The minimum atomic E-state index is -0.134. The number of rotatable bonds is 6. The van der Waals surface area contributed by atoms with Gasteiger partial charge in [0.1, 0.15) is 34.5 Å². The van der Waals surface area contributed by atoms with Gasteiger partial charge in [-0.25, -0.2) is 0 Å². The molecule has 0 aliphatic carbocycles. The molecule has 0 aromatic heterocycles.